The van der Waals surface area contributed by atoms with Gasteiger partial charge in [0.15, 0.2) is 11.5 Å². The molecule has 0 spiro atoms. The van der Waals surface area contributed by atoms with Crippen LogP contribution in [0.1, 0.15) is 33.3 Å². The zero-order valence-corrected chi connectivity index (χ0v) is 14.2. The number of nitrogens with zero attached hydrogens (tertiary/aromatic N) is 1. The van der Waals surface area contributed by atoms with E-state index >= 15 is 0 Å². The van der Waals surface area contributed by atoms with Crippen molar-refractivity contribution in [2.75, 3.05) is 0 Å². The summed E-state index contributed by atoms with van der Waals surface area (Å²) in [4.78, 5) is 26.9. The summed E-state index contributed by atoms with van der Waals surface area (Å²) in [6.07, 6.45) is 1.24. The van der Waals surface area contributed by atoms with Crippen LogP contribution in [0.5, 0.6) is 11.5 Å². The van der Waals surface area contributed by atoms with E-state index in [0.29, 0.717) is 0 Å². The van der Waals surface area contributed by atoms with E-state index in [1.807, 2.05) is 0 Å². The van der Waals surface area contributed by atoms with Gasteiger partial charge in [0, 0.05) is 22.9 Å². The maximum atomic E-state index is 11.8. The minimum Gasteiger partial charge on any atom is -0.504 e. The number of carboxylic acid groups (broad SMARTS) is 1. The van der Waals surface area contributed by atoms with Crippen molar-refractivity contribution in [1.29, 1.82) is 0 Å². The highest BCUT2D eigenvalue weighted by Gasteiger charge is 2.21. The van der Waals surface area contributed by atoms with Gasteiger partial charge in [-0.3, -0.25) is 9.79 Å². The Kier molecular flexibility index (Phi) is 6.57. The topological polar surface area (TPSA) is 96.2 Å². The summed E-state index contributed by atoms with van der Waals surface area (Å²) in [6.45, 7) is 6.76. The number of aliphatic imine (C=N–C) groups is 1. The smallest absolute Gasteiger partial charge is 0.328 e. The number of hydrogen-bond donors (Lipinski definition) is 2. The minimum atomic E-state index is -1.07. The lowest BCUT2D eigenvalue weighted by Crippen LogP contribution is -2.24. The van der Waals surface area contributed by atoms with Crippen LogP contribution in [-0.2, 0) is 9.59 Å². The predicted octanol–water partition coefficient (Wildman–Crippen LogP) is 3.14. The molecule has 126 valence electrons. The van der Waals surface area contributed by atoms with E-state index in [-0.39, 0.29) is 28.0 Å². The average molecular weight is 342 g/mol. The van der Waals surface area contributed by atoms with Crippen molar-refractivity contribution in [2.45, 2.75) is 33.7 Å². The van der Waals surface area contributed by atoms with Gasteiger partial charge in [0.25, 0.3) is 0 Å². The molecule has 23 heavy (non-hydrogen) atoms. The fraction of sp³-hybridized carbons (Fsp3) is 0.438. The first-order chi connectivity index (χ1) is 10.6. The number of aliphatic carboxylic acids is 1. The second kappa shape index (κ2) is 7.97. The molecule has 6 nitrogen and oxygen atoms in total. The Labute approximate surface area is 139 Å². The molecule has 0 bridgehead atoms. The van der Waals surface area contributed by atoms with Crippen molar-refractivity contribution in [3.8, 4) is 11.5 Å². The predicted molar refractivity (Wildman–Crippen MR) is 87.4 cm³/mol. The lowest BCUT2D eigenvalue weighted by Gasteiger charge is -2.13. The number of carboxylic acids is 1. The fourth-order valence-electron chi connectivity index (χ4n) is 1.71. The summed E-state index contributed by atoms with van der Waals surface area (Å²) in [5, 5.41) is 19.3. The van der Waals surface area contributed by atoms with Crippen LogP contribution in [0.25, 0.3) is 0 Å². The number of carbonyl (C=O) groups is 2. The van der Waals surface area contributed by atoms with Crippen molar-refractivity contribution < 1.29 is 24.5 Å². The molecule has 0 amide bonds. The molecule has 0 aliphatic rings. The zero-order valence-electron chi connectivity index (χ0n) is 13.4. The first kappa shape index (κ1) is 19.0. The van der Waals surface area contributed by atoms with Gasteiger partial charge < -0.3 is 14.9 Å². The zero-order chi connectivity index (χ0) is 17.7. The van der Waals surface area contributed by atoms with Crippen LogP contribution in [-0.4, -0.2) is 34.4 Å². The number of esters is 1. The standard InChI is InChI=1S/C16H20ClNO5/c1-8(2)13(15(20)21)18-7-10-5-11(17)6-12(19)14(10)23-16(22)9(3)4/h5-9,13,19H,1-4H3,(H,20,21). The van der Waals surface area contributed by atoms with E-state index < -0.39 is 23.9 Å². The summed E-state index contributed by atoms with van der Waals surface area (Å²) < 4.78 is 5.16. The number of rotatable bonds is 6. The molecule has 0 saturated heterocycles. The van der Waals surface area contributed by atoms with Gasteiger partial charge in [-0.25, -0.2) is 4.79 Å². The molecule has 0 fully saturated rings. The van der Waals surface area contributed by atoms with Crippen LogP contribution in [0.2, 0.25) is 5.02 Å². The number of halogens is 1. The Balaban J connectivity index is 3.23. The molecule has 2 N–H and O–H groups in total. The highest BCUT2D eigenvalue weighted by atomic mass is 35.5. The van der Waals surface area contributed by atoms with Crippen LogP contribution < -0.4 is 4.74 Å². The molecule has 1 rings (SSSR count). The molecule has 0 radical (unpaired) electrons. The molecule has 1 aromatic carbocycles. The van der Waals surface area contributed by atoms with Crippen LogP contribution >= 0.6 is 11.6 Å². The second-order valence-corrected chi connectivity index (χ2v) is 6.16. The van der Waals surface area contributed by atoms with Crippen LogP contribution in [0.3, 0.4) is 0 Å². The normalized spacial score (nSPS) is 12.8. The molecular weight excluding hydrogens is 322 g/mol. The average Bonchev–Trinajstić information content (AvgIpc) is 2.41. The molecule has 1 atom stereocenters. The summed E-state index contributed by atoms with van der Waals surface area (Å²) in [5.41, 5.74) is 0.232. The molecular formula is C16H20ClNO5. The quantitative estimate of drug-likeness (QED) is 0.470. The minimum absolute atomic E-state index is 0.0928. The SMILES string of the molecule is CC(C)C(=O)Oc1c(O)cc(Cl)cc1C=NC(C(=O)O)C(C)C. The Bertz CT molecular complexity index is 625. The first-order valence-corrected chi connectivity index (χ1v) is 7.51. The summed E-state index contributed by atoms with van der Waals surface area (Å²) >= 11 is 5.88. The molecule has 0 aliphatic heterocycles. The Hall–Kier alpha value is -2.08. The van der Waals surface area contributed by atoms with E-state index in [4.69, 9.17) is 21.4 Å². The Morgan fingerprint density at radius 3 is 2.35 bits per heavy atom. The lowest BCUT2D eigenvalue weighted by molar-refractivity contribution is -0.139. The number of carbonyl (C=O) groups excluding carboxylic acids is 1. The van der Waals surface area contributed by atoms with Gasteiger partial charge in [-0.2, -0.15) is 0 Å². The number of phenolic OH excluding ortho intramolecular Hbond substituents is 1. The number of phenols is 1. The monoisotopic (exact) mass is 341 g/mol. The highest BCUT2D eigenvalue weighted by Crippen LogP contribution is 2.33. The molecule has 1 unspecified atom stereocenters. The van der Waals surface area contributed by atoms with Gasteiger partial charge in [-0.05, 0) is 12.0 Å². The van der Waals surface area contributed by atoms with Crippen LogP contribution in [0.15, 0.2) is 17.1 Å². The Morgan fingerprint density at radius 1 is 1.26 bits per heavy atom. The van der Waals surface area contributed by atoms with Crippen molar-refractivity contribution >= 4 is 29.8 Å². The largest absolute Gasteiger partial charge is 0.504 e. The highest BCUT2D eigenvalue weighted by molar-refractivity contribution is 6.31. The summed E-state index contributed by atoms with van der Waals surface area (Å²) in [7, 11) is 0. The lowest BCUT2D eigenvalue weighted by atomic mass is 10.1. The maximum Gasteiger partial charge on any atom is 0.328 e. The molecule has 0 aromatic heterocycles. The van der Waals surface area contributed by atoms with E-state index in [2.05, 4.69) is 4.99 Å². The van der Waals surface area contributed by atoms with E-state index in [9.17, 15) is 14.7 Å². The van der Waals surface area contributed by atoms with Crippen LogP contribution in [0, 0.1) is 11.8 Å². The molecule has 0 aliphatic carbocycles. The van der Waals surface area contributed by atoms with Crippen molar-refractivity contribution in [2.24, 2.45) is 16.8 Å². The maximum absolute atomic E-state index is 11.8. The van der Waals surface area contributed by atoms with Crippen molar-refractivity contribution in [3.05, 3.63) is 22.7 Å². The van der Waals surface area contributed by atoms with Gasteiger partial charge in [-0.15, -0.1) is 0 Å². The van der Waals surface area contributed by atoms with Gasteiger partial charge in [0.1, 0.15) is 6.04 Å². The second-order valence-electron chi connectivity index (χ2n) is 5.72. The third kappa shape index (κ3) is 5.25. The van der Waals surface area contributed by atoms with Gasteiger partial charge in [-0.1, -0.05) is 39.3 Å². The fourth-order valence-corrected chi connectivity index (χ4v) is 1.93. The first-order valence-electron chi connectivity index (χ1n) is 7.13. The molecule has 7 heteroatoms. The summed E-state index contributed by atoms with van der Waals surface area (Å²) in [6, 6.07) is 1.72. The van der Waals surface area contributed by atoms with Gasteiger partial charge >= 0.3 is 11.9 Å². The number of benzene rings is 1. The van der Waals surface area contributed by atoms with E-state index in [0.717, 1.165) is 0 Å². The van der Waals surface area contributed by atoms with Gasteiger partial charge in [0.05, 0.1) is 5.92 Å². The molecule has 0 heterocycles. The Morgan fingerprint density at radius 2 is 1.87 bits per heavy atom. The molecule has 0 saturated carbocycles. The van der Waals surface area contributed by atoms with Crippen LogP contribution in [0.4, 0.5) is 0 Å². The molecule has 1 aromatic rings. The number of hydrogen-bond acceptors (Lipinski definition) is 5. The number of aromatic hydroxyl groups is 1. The van der Waals surface area contributed by atoms with E-state index in [1.54, 1.807) is 27.7 Å². The third-order valence-electron chi connectivity index (χ3n) is 3.00. The number of ether oxygens (including phenoxy) is 1. The van der Waals surface area contributed by atoms with Gasteiger partial charge in [0.2, 0.25) is 0 Å². The third-order valence-corrected chi connectivity index (χ3v) is 3.21. The van der Waals surface area contributed by atoms with E-state index in [1.165, 1.54) is 18.3 Å². The van der Waals surface area contributed by atoms with Crippen molar-refractivity contribution in [1.82, 2.24) is 0 Å². The summed E-state index contributed by atoms with van der Waals surface area (Å²) in [5.74, 6) is -2.62. The van der Waals surface area contributed by atoms with Crippen molar-refractivity contribution in [3.63, 3.8) is 0 Å².